The van der Waals surface area contributed by atoms with Crippen LogP contribution >= 0.6 is 0 Å². The quantitative estimate of drug-likeness (QED) is 0.699. The summed E-state index contributed by atoms with van der Waals surface area (Å²) in [6, 6.07) is -0.0921. The predicted molar refractivity (Wildman–Crippen MR) is 91.5 cm³/mol. The highest BCUT2D eigenvalue weighted by Crippen LogP contribution is 2.12. The van der Waals surface area contributed by atoms with Crippen LogP contribution in [0.15, 0.2) is 0 Å². The molecule has 2 heterocycles. The molecule has 8 heteroatoms. The number of amides is 4. The molecule has 0 saturated carbocycles. The first kappa shape index (κ1) is 19.2. The van der Waals surface area contributed by atoms with E-state index in [0.29, 0.717) is 39.1 Å². The van der Waals surface area contributed by atoms with Crippen LogP contribution in [0.3, 0.4) is 0 Å². The average molecular weight is 352 g/mol. The first-order valence-corrected chi connectivity index (χ1v) is 9.04. The topological polar surface area (TPSA) is 90.0 Å². The van der Waals surface area contributed by atoms with Crippen LogP contribution in [0.4, 0.5) is 0 Å². The van der Waals surface area contributed by atoms with Gasteiger partial charge in [-0.1, -0.05) is 6.42 Å². The van der Waals surface area contributed by atoms with E-state index in [0.717, 1.165) is 19.3 Å². The van der Waals surface area contributed by atoms with E-state index in [2.05, 4.69) is 5.32 Å². The van der Waals surface area contributed by atoms with Gasteiger partial charge in [0.15, 0.2) is 0 Å². The Morgan fingerprint density at radius 2 is 1.60 bits per heavy atom. The fourth-order valence-electron chi connectivity index (χ4n) is 3.10. The van der Waals surface area contributed by atoms with Crippen molar-refractivity contribution < 1.29 is 19.2 Å². The number of rotatable bonds is 3. The molecule has 2 rings (SSSR count). The Kier molecular flexibility index (Phi) is 6.78. The molecule has 0 aromatic carbocycles. The van der Waals surface area contributed by atoms with Crippen LogP contribution < -0.4 is 5.32 Å². The molecule has 25 heavy (non-hydrogen) atoms. The first-order chi connectivity index (χ1) is 11.9. The lowest BCUT2D eigenvalue weighted by Crippen LogP contribution is -2.55. The van der Waals surface area contributed by atoms with Gasteiger partial charge in [0.25, 0.3) is 0 Å². The van der Waals surface area contributed by atoms with E-state index in [-0.39, 0.29) is 24.4 Å². The van der Waals surface area contributed by atoms with Crippen molar-refractivity contribution in [3.63, 3.8) is 0 Å². The summed E-state index contributed by atoms with van der Waals surface area (Å²) in [5.74, 6) is -1.20. The molecule has 0 bridgehead atoms. The van der Waals surface area contributed by atoms with Gasteiger partial charge in [0.2, 0.25) is 11.8 Å². The van der Waals surface area contributed by atoms with Crippen LogP contribution in [0.1, 0.15) is 39.5 Å². The molecule has 4 amide bonds. The molecular weight excluding hydrogens is 324 g/mol. The van der Waals surface area contributed by atoms with Crippen molar-refractivity contribution in [3.8, 4) is 0 Å². The van der Waals surface area contributed by atoms with Crippen LogP contribution in [0.25, 0.3) is 0 Å². The van der Waals surface area contributed by atoms with Gasteiger partial charge in [-0.05, 0) is 26.7 Å². The molecule has 2 saturated heterocycles. The van der Waals surface area contributed by atoms with E-state index in [4.69, 9.17) is 0 Å². The summed E-state index contributed by atoms with van der Waals surface area (Å²) in [6.45, 7) is 5.80. The zero-order chi connectivity index (χ0) is 18.4. The molecule has 0 aromatic heterocycles. The third-order valence-electron chi connectivity index (χ3n) is 4.53. The van der Waals surface area contributed by atoms with Gasteiger partial charge >= 0.3 is 11.8 Å². The Morgan fingerprint density at radius 3 is 2.24 bits per heavy atom. The Bertz CT molecular complexity index is 527. The molecule has 8 nitrogen and oxygen atoms in total. The van der Waals surface area contributed by atoms with Crippen LogP contribution in [0, 0.1) is 0 Å². The van der Waals surface area contributed by atoms with Crippen molar-refractivity contribution in [1.29, 1.82) is 0 Å². The summed E-state index contributed by atoms with van der Waals surface area (Å²) in [5.41, 5.74) is 0. The lowest BCUT2D eigenvalue weighted by molar-refractivity contribution is -0.149. The van der Waals surface area contributed by atoms with Gasteiger partial charge in [-0.25, -0.2) is 0 Å². The zero-order valence-corrected chi connectivity index (χ0v) is 15.1. The summed E-state index contributed by atoms with van der Waals surface area (Å²) < 4.78 is 0. The highest BCUT2D eigenvalue weighted by atomic mass is 16.2. The number of likely N-dealkylation sites (tertiary alicyclic amines) is 1. The monoisotopic (exact) mass is 352 g/mol. The summed E-state index contributed by atoms with van der Waals surface area (Å²) >= 11 is 0. The van der Waals surface area contributed by atoms with Gasteiger partial charge in [0.1, 0.15) is 0 Å². The number of hydrogen-bond donors (Lipinski definition) is 1. The third-order valence-corrected chi connectivity index (χ3v) is 4.53. The highest BCUT2D eigenvalue weighted by Gasteiger charge is 2.29. The standard InChI is InChI=1S/C17H28N4O4/c1-13(2)18-16(24)17(25)20-10-8-19(9-11-20)15(23)12-21-7-5-3-4-6-14(21)22/h13H,3-12H2,1-2H3,(H,18,24). The Labute approximate surface area is 148 Å². The second-order valence-corrected chi connectivity index (χ2v) is 6.93. The number of hydrogen-bond acceptors (Lipinski definition) is 4. The average Bonchev–Trinajstić information content (AvgIpc) is 2.78. The molecule has 1 N–H and O–H groups in total. The molecule has 0 atom stereocenters. The number of piperazine rings is 1. The van der Waals surface area contributed by atoms with E-state index in [1.54, 1.807) is 23.6 Å². The fourth-order valence-corrected chi connectivity index (χ4v) is 3.10. The zero-order valence-electron chi connectivity index (χ0n) is 15.1. The molecule has 2 aliphatic rings. The fraction of sp³-hybridized carbons (Fsp3) is 0.765. The molecule has 0 radical (unpaired) electrons. The van der Waals surface area contributed by atoms with Gasteiger partial charge in [0, 0.05) is 45.2 Å². The maximum atomic E-state index is 12.4. The van der Waals surface area contributed by atoms with Gasteiger partial charge < -0.3 is 20.0 Å². The molecular formula is C17H28N4O4. The summed E-state index contributed by atoms with van der Waals surface area (Å²) in [6.07, 6.45) is 3.37. The number of carbonyl (C=O) groups excluding carboxylic acids is 4. The van der Waals surface area contributed by atoms with E-state index >= 15 is 0 Å². The second-order valence-electron chi connectivity index (χ2n) is 6.93. The molecule has 0 spiro atoms. The van der Waals surface area contributed by atoms with Gasteiger partial charge in [0.05, 0.1) is 6.54 Å². The van der Waals surface area contributed by atoms with Crippen molar-refractivity contribution in [3.05, 3.63) is 0 Å². The maximum absolute atomic E-state index is 12.4. The van der Waals surface area contributed by atoms with Crippen molar-refractivity contribution in [2.75, 3.05) is 39.3 Å². The Hall–Kier alpha value is -2.12. The number of carbonyl (C=O) groups is 4. The van der Waals surface area contributed by atoms with Crippen LogP contribution in [0.2, 0.25) is 0 Å². The van der Waals surface area contributed by atoms with E-state index < -0.39 is 11.8 Å². The van der Waals surface area contributed by atoms with E-state index in [1.807, 2.05) is 0 Å². The lowest BCUT2D eigenvalue weighted by atomic mass is 10.2. The van der Waals surface area contributed by atoms with Crippen LogP contribution in [-0.2, 0) is 19.2 Å². The van der Waals surface area contributed by atoms with Crippen molar-refractivity contribution >= 4 is 23.6 Å². The minimum Gasteiger partial charge on any atom is -0.346 e. The van der Waals surface area contributed by atoms with Crippen molar-refractivity contribution in [2.24, 2.45) is 0 Å². The SMILES string of the molecule is CC(C)NC(=O)C(=O)N1CCN(C(=O)CN2CCCCCC2=O)CC1. The van der Waals surface area contributed by atoms with Gasteiger partial charge in [-0.2, -0.15) is 0 Å². The molecule has 0 aliphatic carbocycles. The van der Waals surface area contributed by atoms with Crippen molar-refractivity contribution in [1.82, 2.24) is 20.0 Å². The van der Waals surface area contributed by atoms with Gasteiger partial charge in [-0.3, -0.25) is 19.2 Å². The third kappa shape index (κ3) is 5.44. The van der Waals surface area contributed by atoms with Crippen LogP contribution in [-0.4, -0.2) is 83.6 Å². The first-order valence-electron chi connectivity index (χ1n) is 9.04. The lowest BCUT2D eigenvalue weighted by Gasteiger charge is -2.35. The van der Waals surface area contributed by atoms with Gasteiger partial charge in [-0.15, -0.1) is 0 Å². The predicted octanol–water partition coefficient (Wildman–Crippen LogP) is -0.416. The number of nitrogens with zero attached hydrogens (tertiary/aromatic N) is 3. The Balaban J connectivity index is 1.80. The minimum atomic E-state index is -0.607. The molecule has 140 valence electrons. The maximum Gasteiger partial charge on any atom is 0.312 e. The van der Waals surface area contributed by atoms with Crippen LogP contribution in [0.5, 0.6) is 0 Å². The second kappa shape index (κ2) is 8.82. The molecule has 0 unspecified atom stereocenters. The smallest absolute Gasteiger partial charge is 0.312 e. The molecule has 2 fully saturated rings. The summed E-state index contributed by atoms with van der Waals surface area (Å²) in [7, 11) is 0. The largest absolute Gasteiger partial charge is 0.346 e. The summed E-state index contributed by atoms with van der Waals surface area (Å²) in [5, 5.41) is 2.58. The summed E-state index contributed by atoms with van der Waals surface area (Å²) in [4.78, 5) is 53.0. The number of nitrogens with one attached hydrogen (secondary N) is 1. The molecule has 2 aliphatic heterocycles. The Morgan fingerprint density at radius 1 is 0.960 bits per heavy atom. The van der Waals surface area contributed by atoms with Crippen molar-refractivity contribution in [2.45, 2.75) is 45.6 Å². The molecule has 0 aromatic rings. The normalized spacial score (nSPS) is 19.0. The van der Waals surface area contributed by atoms with E-state index in [1.165, 1.54) is 4.90 Å². The minimum absolute atomic E-state index is 0.0463. The highest BCUT2D eigenvalue weighted by molar-refractivity contribution is 6.35. The van der Waals surface area contributed by atoms with E-state index in [9.17, 15) is 19.2 Å².